The number of benzene rings is 1. The monoisotopic (exact) mass is 328 g/mol. The van der Waals surface area contributed by atoms with Gasteiger partial charge in [0.15, 0.2) is 6.10 Å². The van der Waals surface area contributed by atoms with E-state index in [1.807, 2.05) is 17.0 Å². The standard InChI is InChI=1S/C17H20N4O3/c1-12-18-19-17(24-12)15-10-21(8-9-23-15)16(22)11-20-7-6-13-4-2-3-5-14(13)20/h2-5,15H,6-11H2,1H3. The van der Waals surface area contributed by atoms with Gasteiger partial charge in [0, 0.05) is 25.7 Å². The molecule has 1 amide bonds. The van der Waals surface area contributed by atoms with E-state index in [0.29, 0.717) is 38.0 Å². The van der Waals surface area contributed by atoms with Crippen molar-refractivity contribution in [3.05, 3.63) is 41.6 Å². The van der Waals surface area contributed by atoms with Gasteiger partial charge in [-0.3, -0.25) is 4.79 Å². The summed E-state index contributed by atoms with van der Waals surface area (Å²) in [6, 6.07) is 8.27. The largest absolute Gasteiger partial charge is 0.423 e. The fourth-order valence-electron chi connectivity index (χ4n) is 3.30. The van der Waals surface area contributed by atoms with Crippen LogP contribution in [0.15, 0.2) is 28.7 Å². The average Bonchev–Trinajstić information content (AvgIpc) is 3.22. The molecule has 0 aliphatic carbocycles. The molecule has 0 bridgehead atoms. The van der Waals surface area contributed by atoms with Crippen molar-refractivity contribution in [3.63, 3.8) is 0 Å². The molecule has 1 aromatic carbocycles. The summed E-state index contributed by atoms with van der Waals surface area (Å²) in [4.78, 5) is 16.7. The van der Waals surface area contributed by atoms with Crippen molar-refractivity contribution in [2.24, 2.45) is 0 Å². The number of anilines is 1. The van der Waals surface area contributed by atoms with E-state index in [0.717, 1.165) is 13.0 Å². The molecule has 1 aromatic heterocycles. The summed E-state index contributed by atoms with van der Waals surface area (Å²) in [5.74, 6) is 1.05. The van der Waals surface area contributed by atoms with Crippen molar-refractivity contribution in [2.75, 3.05) is 37.7 Å². The Morgan fingerprint density at radius 3 is 3.00 bits per heavy atom. The smallest absolute Gasteiger partial charge is 0.246 e. The van der Waals surface area contributed by atoms with Crippen molar-refractivity contribution < 1.29 is 13.9 Å². The number of aryl methyl sites for hydroxylation is 1. The topological polar surface area (TPSA) is 71.7 Å². The number of carbonyl (C=O) groups is 1. The second-order valence-corrected chi connectivity index (χ2v) is 6.16. The second-order valence-electron chi connectivity index (χ2n) is 6.16. The van der Waals surface area contributed by atoms with Crippen LogP contribution in [0.3, 0.4) is 0 Å². The van der Waals surface area contributed by atoms with Gasteiger partial charge in [-0.05, 0) is 18.1 Å². The summed E-state index contributed by atoms with van der Waals surface area (Å²) in [6.45, 7) is 4.56. The van der Waals surface area contributed by atoms with Crippen LogP contribution in [0.5, 0.6) is 0 Å². The van der Waals surface area contributed by atoms with E-state index in [1.165, 1.54) is 11.3 Å². The normalized spacial score (nSPS) is 20.3. The fourth-order valence-corrected chi connectivity index (χ4v) is 3.30. The van der Waals surface area contributed by atoms with Crippen LogP contribution < -0.4 is 4.90 Å². The van der Waals surface area contributed by atoms with Gasteiger partial charge in [0.05, 0.1) is 19.7 Å². The maximum Gasteiger partial charge on any atom is 0.246 e. The van der Waals surface area contributed by atoms with Crippen molar-refractivity contribution in [1.29, 1.82) is 0 Å². The van der Waals surface area contributed by atoms with Gasteiger partial charge in [-0.2, -0.15) is 0 Å². The zero-order valence-corrected chi connectivity index (χ0v) is 13.6. The maximum atomic E-state index is 12.7. The summed E-state index contributed by atoms with van der Waals surface area (Å²) >= 11 is 0. The molecular formula is C17H20N4O3. The number of ether oxygens (including phenoxy) is 1. The molecule has 0 radical (unpaired) electrons. The Balaban J connectivity index is 1.41. The van der Waals surface area contributed by atoms with Crippen LogP contribution in [0.2, 0.25) is 0 Å². The summed E-state index contributed by atoms with van der Waals surface area (Å²) in [6.07, 6.45) is 0.658. The molecule has 0 spiro atoms. The number of hydrogen-bond acceptors (Lipinski definition) is 6. The average molecular weight is 328 g/mol. The zero-order chi connectivity index (χ0) is 16.5. The van der Waals surface area contributed by atoms with Gasteiger partial charge in [0.2, 0.25) is 17.7 Å². The molecule has 24 heavy (non-hydrogen) atoms. The molecule has 126 valence electrons. The first-order chi connectivity index (χ1) is 11.7. The van der Waals surface area contributed by atoms with Gasteiger partial charge in [-0.15, -0.1) is 10.2 Å². The Labute approximate surface area is 140 Å². The molecule has 2 aromatic rings. The molecular weight excluding hydrogens is 308 g/mol. The van der Waals surface area contributed by atoms with Crippen LogP contribution in [0.25, 0.3) is 0 Å². The second kappa shape index (κ2) is 6.24. The Kier molecular flexibility index (Phi) is 3.93. The number of amides is 1. The van der Waals surface area contributed by atoms with E-state index < -0.39 is 0 Å². The number of aromatic nitrogens is 2. The van der Waals surface area contributed by atoms with Crippen LogP contribution in [0.4, 0.5) is 5.69 Å². The number of hydrogen-bond donors (Lipinski definition) is 0. The Hall–Kier alpha value is -2.41. The summed E-state index contributed by atoms with van der Waals surface area (Å²) in [5.41, 5.74) is 2.48. The predicted molar refractivity (Wildman–Crippen MR) is 86.7 cm³/mol. The first-order valence-corrected chi connectivity index (χ1v) is 8.23. The molecule has 1 unspecified atom stereocenters. The van der Waals surface area contributed by atoms with Gasteiger partial charge < -0.3 is 19.0 Å². The third kappa shape index (κ3) is 2.87. The molecule has 2 aliphatic heterocycles. The highest BCUT2D eigenvalue weighted by Crippen LogP contribution is 2.27. The maximum absolute atomic E-state index is 12.7. The molecule has 4 rings (SSSR count). The molecule has 0 N–H and O–H groups in total. The quantitative estimate of drug-likeness (QED) is 0.847. The fraction of sp³-hybridized carbons (Fsp3) is 0.471. The predicted octanol–water partition coefficient (Wildman–Crippen LogP) is 1.34. The Morgan fingerprint density at radius 2 is 2.17 bits per heavy atom. The summed E-state index contributed by atoms with van der Waals surface area (Å²) < 4.78 is 11.1. The lowest BCUT2D eigenvalue weighted by molar-refractivity contribution is -0.138. The van der Waals surface area contributed by atoms with E-state index >= 15 is 0 Å². The highest BCUT2D eigenvalue weighted by atomic mass is 16.5. The van der Waals surface area contributed by atoms with Crippen molar-refractivity contribution in [1.82, 2.24) is 15.1 Å². The summed E-state index contributed by atoms with van der Waals surface area (Å²) in [7, 11) is 0. The number of fused-ring (bicyclic) bond motifs is 1. The Bertz CT molecular complexity index is 745. The number of para-hydroxylation sites is 1. The molecule has 2 aliphatic rings. The summed E-state index contributed by atoms with van der Waals surface area (Å²) in [5, 5.41) is 7.84. The van der Waals surface area contributed by atoms with Crippen molar-refractivity contribution in [2.45, 2.75) is 19.4 Å². The van der Waals surface area contributed by atoms with Gasteiger partial charge in [-0.25, -0.2) is 0 Å². The number of rotatable bonds is 3. The lowest BCUT2D eigenvalue weighted by atomic mass is 10.2. The molecule has 1 saturated heterocycles. The van der Waals surface area contributed by atoms with Crippen molar-refractivity contribution in [3.8, 4) is 0 Å². The van der Waals surface area contributed by atoms with Crippen molar-refractivity contribution >= 4 is 11.6 Å². The lowest BCUT2D eigenvalue weighted by Gasteiger charge is -2.32. The SMILES string of the molecule is Cc1nnc(C2CN(C(=O)CN3CCc4ccccc43)CCO2)o1. The number of carbonyl (C=O) groups excluding carboxylic acids is 1. The van der Waals surface area contributed by atoms with E-state index in [1.54, 1.807) is 6.92 Å². The van der Waals surface area contributed by atoms with Gasteiger partial charge in [-0.1, -0.05) is 18.2 Å². The van der Waals surface area contributed by atoms with E-state index in [4.69, 9.17) is 9.15 Å². The molecule has 1 fully saturated rings. The first kappa shape index (κ1) is 15.1. The van der Waals surface area contributed by atoms with Gasteiger partial charge >= 0.3 is 0 Å². The van der Waals surface area contributed by atoms with Crippen LogP contribution in [-0.4, -0.2) is 53.8 Å². The van der Waals surface area contributed by atoms with Gasteiger partial charge in [0.1, 0.15) is 0 Å². The van der Waals surface area contributed by atoms with E-state index in [-0.39, 0.29) is 12.0 Å². The highest BCUT2D eigenvalue weighted by Gasteiger charge is 2.30. The van der Waals surface area contributed by atoms with Crippen LogP contribution in [0.1, 0.15) is 23.4 Å². The minimum atomic E-state index is -0.338. The van der Waals surface area contributed by atoms with Crippen LogP contribution in [0, 0.1) is 6.92 Å². The Morgan fingerprint density at radius 1 is 1.29 bits per heavy atom. The van der Waals surface area contributed by atoms with Gasteiger partial charge in [0.25, 0.3) is 0 Å². The minimum Gasteiger partial charge on any atom is -0.423 e. The molecule has 3 heterocycles. The lowest BCUT2D eigenvalue weighted by Crippen LogP contribution is -2.46. The number of nitrogens with zero attached hydrogens (tertiary/aromatic N) is 4. The van der Waals surface area contributed by atoms with E-state index in [2.05, 4.69) is 27.2 Å². The minimum absolute atomic E-state index is 0.108. The first-order valence-electron chi connectivity index (χ1n) is 8.23. The van der Waals surface area contributed by atoms with Crippen LogP contribution in [-0.2, 0) is 16.0 Å². The molecule has 1 atom stereocenters. The third-order valence-corrected chi connectivity index (χ3v) is 4.55. The van der Waals surface area contributed by atoms with E-state index in [9.17, 15) is 4.79 Å². The molecule has 0 saturated carbocycles. The third-order valence-electron chi connectivity index (χ3n) is 4.55. The highest BCUT2D eigenvalue weighted by molar-refractivity contribution is 5.82. The zero-order valence-electron chi connectivity index (χ0n) is 13.6. The van der Waals surface area contributed by atoms with Crippen LogP contribution >= 0.6 is 0 Å². The number of morpholine rings is 1. The molecule has 7 heteroatoms. The molecule has 7 nitrogen and oxygen atoms in total.